The van der Waals surface area contributed by atoms with E-state index in [2.05, 4.69) is 11.9 Å². The molecule has 0 radical (unpaired) electrons. The van der Waals surface area contributed by atoms with Gasteiger partial charge in [0, 0.05) is 4.88 Å². The predicted molar refractivity (Wildman–Crippen MR) is 78.5 cm³/mol. The van der Waals surface area contributed by atoms with Gasteiger partial charge in [-0.25, -0.2) is 4.79 Å². The molecule has 0 atom stereocenters. The lowest BCUT2D eigenvalue weighted by Crippen LogP contribution is -2.37. The van der Waals surface area contributed by atoms with Crippen LogP contribution in [-0.2, 0) is 19.4 Å². The van der Waals surface area contributed by atoms with E-state index in [0.29, 0.717) is 18.5 Å². The Morgan fingerprint density at radius 1 is 1.32 bits per heavy atom. The number of hydrogen-bond acceptors (Lipinski definition) is 3. The topological polar surface area (TPSA) is 54.9 Å². The van der Waals surface area contributed by atoms with Crippen molar-refractivity contribution in [1.82, 2.24) is 9.55 Å². The molecule has 0 aliphatic heterocycles. The number of thiophene rings is 1. The summed E-state index contributed by atoms with van der Waals surface area (Å²) in [5, 5.41) is 2.12. The van der Waals surface area contributed by atoms with E-state index in [9.17, 15) is 9.59 Å². The van der Waals surface area contributed by atoms with Gasteiger partial charge in [0.2, 0.25) is 0 Å². The highest BCUT2D eigenvalue weighted by atomic mass is 35.5. The molecule has 0 bridgehead atoms. The van der Waals surface area contributed by atoms with Crippen LogP contribution in [0.2, 0.25) is 5.15 Å². The number of rotatable bonds is 4. The number of aromatic amines is 1. The molecular weight excluding hydrogens is 284 g/mol. The second-order valence-corrected chi connectivity index (χ2v) is 5.57. The number of hydrogen-bond donors (Lipinski definition) is 1. The highest BCUT2D eigenvalue weighted by Crippen LogP contribution is 2.18. The Balaban J connectivity index is 2.52. The average molecular weight is 299 g/mol. The molecule has 0 spiro atoms. The number of halogens is 1. The van der Waals surface area contributed by atoms with Crippen LogP contribution in [0, 0.1) is 0 Å². The number of H-pyrrole nitrogens is 1. The summed E-state index contributed by atoms with van der Waals surface area (Å²) >= 11 is 7.44. The number of nitrogens with one attached hydrogen (secondary N) is 1. The van der Waals surface area contributed by atoms with Gasteiger partial charge in [-0.15, -0.1) is 11.3 Å². The summed E-state index contributed by atoms with van der Waals surface area (Å²) in [6.45, 7) is 4.20. The molecule has 2 heterocycles. The fraction of sp³-hybridized carbons (Fsp3) is 0.385. The maximum atomic E-state index is 12.2. The zero-order chi connectivity index (χ0) is 14.0. The van der Waals surface area contributed by atoms with Gasteiger partial charge in [0.25, 0.3) is 5.56 Å². The molecule has 0 aliphatic rings. The lowest BCUT2D eigenvalue weighted by Gasteiger charge is -2.08. The molecule has 6 heteroatoms. The van der Waals surface area contributed by atoms with Crippen molar-refractivity contribution >= 4 is 22.9 Å². The normalized spacial score (nSPS) is 10.9. The molecule has 0 aromatic carbocycles. The van der Waals surface area contributed by atoms with Crippen molar-refractivity contribution in [2.75, 3.05) is 0 Å². The van der Waals surface area contributed by atoms with Gasteiger partial charge in [-0.2, -0.15) is 0 Å². The van der Waals surface area contributed by atoms with Crippen molar-refractivity contribution in [3.8, 4) is 0 Å². The monoisotopic (exact) mass is 298 g/mol. The van der Waals surface area contributed by atoms with Crippen LogP contribution in [0.4, 0.5) is 0 Å². The number of aromatic nitrogens is 2. The largest absolute Gasteiger partial charge is 0.329 e. The average Bonchev–Trinajstić information content (AvgIpc) is 2.82. The summed E-state index contributed by atoms with van der Waals surface area (Å²) in [6.07, 6.45) is 1.39. The molecule has 0 fully saturated rings. The Kier molecular flexibility index (Phi) is 4.27. The van der Waals surface area contributed by atoms with Crippen LogP contribution in [0.5, 0.6) is 0 Å². The van der Waals surface area contributed by atoms with E-state index in [4.69, 9.17) is 11.6 Å². The third-order valence-electron chi connectivity index (χ3n) is 3.10. The summed E-state index contributed by atoms with van der Waals surface area (Å²) in [5.74, 6) is 0. The first-order chi connectivity index (χ1) is 9.08. The van der Waals surface area contributed by atoms with E-state index in [0.717, 1.165) is 11.3 Å². The summed E-state index contributed by atoms with van der Waals surface area (Å²) < 4.78 is 1.22. The van der Waals surface area contributed by atoms with E-state index < -0.39 is 5.69 Å². The minimum atomic E-state index is -0.456. The minimum Gasteiger partial charge on any atom is -0.297 e. The maximum Gasteiger partial charge on any atom is 0.329 e. The Labute approximate surface area is 119 Å². The smallest absolute Gasteiger partial charge is 0.297 e. The lowest BCUT2D eigenvalue weighted by atomic mass is 10.2. The first-order valence-electron chi connectivity index (χ1n) is 6.15. The maximum absolute atomic E-state index is 12.2. The highest BCUT2D eigenvalue weighted by molar-refractivity contribution is 7.10. The first kappa shape index (κ1) is 14.1. The van der Waals surface area contributed by atoms with Crippen molar-refractivity contribution in [3.05, 3.63) is 53.4 Å². The Hall–Kier alpha value is -1.33. The van der Waals surface area contributed by atoms with Crippen molar-refractivity contribution in [1.29, 1.82) is 0 Å². The van der Waals surface area contributed by atoms with Crippen LogP contribution in [0.3, 0.4) is 0 Å². The zero-order valence-corrected chi connectivity index (χ0v) is 12.4. The highest BCUT2D eigenvalue weighted by Gasteiger charge is 2.13. The Morgan fingerprint density at radius 3 is 2.68 bits per heavy atom. The molecule has 102 valence electrons. The second-order valence-electron chi connectivity index (χ2n) is 4.19. The third kappa shape index (κ3) is 2.67. The molecule has 2 rings (SSSR count). The molecule has 2 aromatic rings. The van der Waals surface area contributed by atoms with Crippen LogP contribution in [0.1, 0.15) is 29.9 Å². The van der Waals surface area contributed by atoms with Crippen LogP contribution < -0.4 is 11.2 Å². The summed E-state index contributed by atoms with van der Waals surface area (Å²) in [7, 11) is 0. The SMILES string of the molecule is CCc1ccsc1Cn1c(=O)[nH]c(Cl)c(CC)c1=O. The van der Waals surface area contributed by atoms with Gasteiger partial charge in [0.1, 0.15) is 5.15 Å². The molecule has 19 heavy (non-hydrogen) atoms. The molecule has 2 aromatic heterocycles. The molecule has 0 saturated heterocycles. The Morgan fingerprint density at radius 2 is 2.05 bits per heavy atom. The van der Waals surface area contributed by atoms with Gasteiger partial charge in [-0.3, -0.25) is 14.3 Å². The van der Waals surface area contributed by atoms with Crippen molar-refractivity contribution in [3.63, 3.8) is 0 Å². The van der Waals surface area contributed by atoms with E-state index in [1.165, 1.54) is 10.1 Å². The first-order valence-corrected chi connectivity index (χ1v) is 7.40. The van der Waals surface area contributed by atoms with Gasteiger partial charge in [-0.05, 0) is 29.9 Å². The van der Waals surface area contributed by atoms with Crippen LogP contribution in [0.15, 0.2) is 21.0 Å². The van der Waals surface area contributed by atoms with Crippen molar-refractivity contribution in [2.24, 2.45) is 0 Å². The molecule has 0 amide bonds. The fourth-order valence-corrected chi connectivity index (χ4v) is 3.26. The van der Waals surface area contributed by atoms with Crippen LogP contribution in [0.25, 0.3) is 0 Å². The molecule has 4 nitrogen and oxygen atoms in total. The van der Waals surface area contributed by atoms with Gasteiger partial charge in [-0.1, -0.05) is 25.4 Å². The van der Waals surface area contributed by atoms with E-state index in [1.54, 1.807) is 11.3 Å². The van der Waals surface area contributed by atoms with Gasteiger partial charge < -0.3 is 0 Å². The van der Waals surface area contributed by atoms with E-state index in [1.807, 2.05) is 18.4 Å². The molecule has 0 aliphatic carbocycles. The fourth-order valence-electron chi connectivity index (χ4n) is 2.00. The summed E-state index contributed by atoms with van der Waals surface area (Å²) in [4.78, 5) is 27.7. The molecular formula is C13H15ClN2O2S. The van der Waals surface area contributed by atoms with Gasteiger partial charge >= 0.3 is 5.69 Å². The number of nitrogens with zero attached hydrogens (tertiary/aromatic N) is 1. The van der Waals surface area contributed by atoms with E-state index >= 15 is 0 Å². The van der Waals surface area contributed by atoms with Crippen molar-refractivity contribution < 1.29 is 0 Å². The summed E-state index contributed by atoms with van der Waals surface area (Å²) in [6, 6.07) is 2.02. The van der Waals surface area contributed by atoms with Crippen LogP contribution in [-0.4, -0.2) is 9.55 Å². The Bertz CT molecular complexity index is 699. The van der Waals surface area contributed by atoms with Gasteiger partial charge in [0.15, 0.2) is 0 Å². The molecule has 0 saturated carbocycles. The van der Waals surface area contributed by atoms with Gasteiger partial charge in [0.05, 0.1) is 12.1 Å². The minimum absolute atomic E-state index is 0.149. The second kappa shape index (κ2) is 5.75. The van der Waals surface area contributed by atoms with Crippen LogP contribution >= 0.6 is 22.9 Å². The van der Waals surface area contributed by atoms with E-state index in [-0.39, 0.29) is 10.7 Å². The quantitative estimate of drug-likeness (QED) is 0.881. The lowest BCUT2D eigenvalue weighted by molar-refractivity contribution is 0.689. The van der Waals surface area contributed by atoms with Crippen molar-refractivity contribution in [2.45, 2.75) is 33.2 Å². The molecule has 1 N–H and O–H groups in total. The predicted octanol–water partition coefficient (Wildman–Crippen LogP) is 2.42. The molecule has 0 unspecified atom stereocenters. The third-order valence-corrected chi connectivity index (χ3v) is 4.37. The standard InChI is InChI=1S/C13H15ClN2O2S/c1-3-8-5-6-19-10(8)7-16-12(17)9(4-2)11(14)15-13(16)18/h5-6H,3-4,7H2,1-2H3,(H,15,18). The summed E-state index contributed by atoms with van der Waals surface area (Å²) in [5.41, 5.74) is 0.870. The zero-order valence-electron chi connectivity index (χ0n) is 10.8. The number of aryl methyl sites for hydroxylation is 1.